The fourth-order valence-corrected chi connectivity index (χ4v) is 2.97. The number of ether oxygens (including phenoxy) is 1. The van der Waals surface area contributed by atoms with Crippen molar-refractivity contribution in [3.63, 3.8) is 0 Å². The molecule has 0 aliphatic heterocycles. The minimum absolute atomic E-state index is 0.149. The molecule has 3 nitrogen and oxygen atoms in total. The summed E-state index contributed by atoms with van der Waals surface area (Å²) < 4.78 is 40.8. The van der Waals surface area contributed by atoms with Crippen LogP contribution in [0.2, 0.25) is 0 Å². The smallest absolute Gasteiger partial charge is 0.406 e. The highest BCUT2D eigenvalue weighted by molar-refractivity contribution is 9.10. The highest BCUT2D eigenvalue weighted by atomic mass is 79.9. The predicted octanol–water partition coefficient (Wildman–Crippen LogP) is 5.22. The fourth-order valence-electron chi connectivity index (χ4n) is 1.80. The number of thioether (sulfide) groups is 1. The molecule has 0 fully saturated rings. The molecule has 1 amide bonds. The zero-order chi connectivity index (χ0) is 17.6. The molecule has 0 unspecified atom stereocenters. The molecule has 0 radical (unpaired) electrons. The van der Waals surface area contributed by atoms with E-state index in [1.165, 1.54) is 23.9 Å². The first kappa shape index (κ1) is 18.7. The number of carbonyl (C=O) groups is 1. The van der Waals surface area contributed by atoms with Gasteiger partial charge in [0.05, 0.1) is 11.4 Å². The van der Waals surface area contributed by atoms with E-state index in [9.17, 15) is 18.0 Å². The van der Waals surface area contributed by atoms with Gasteiger partial charge in [-0.1, -0.05) is 24.3 Å². The van der Waals surface area contributed by atoms with Crippen molar-refractivity contribution in [2.24, 2.45) is 0 Å². The Morgan fingerprint density at radius 2 is 1.79 bits per heavy atom. The van der Waals surface area contributed by atoms with Crippen LogP contribution < -0.4 is 10.1 Å². The monoisotopic (exact) mass is 419 g/mol. The van der Waals surface area contributed by atoms with Gasteiger partial charge < -0.3 is 10.1 Å². The van der Waals surface area contributed by atoms with Gasteiger partial charge in [-0.15, -0.1) is 24.9 Å². The molecule has 0 atom stereocenters. The van der Waals surface area contributed by atoms with E-state index in [1.54, 1.807) is 18.2 Å². The Labute approximate surface area is 149 Å². The average Bonchev–Trinajstić information content (AvgIpc) is 2.50. The number of hydrogen-bond acceptors (Lipinski definition) is 3. The van der Waals surface area contributed by atoms with Crippen LogP contribution in [0.15, 0.2) is 53.0 Å². The Hall–Kier alpha value is -1.67. The number of alkyl halides is 3. The minimum Gasteiger partial charge on any atom is -0.406 e. The number of halogens is 4. The van der Waals surface area contributed by atoms with Crippen molar-refractivity contribution in [3.05, 3.63) is 58.6 Å². The second-order valence-electron chi connectivity index (χ2n) is 4.71. The molecule has 0 spiro atoms. The third kappa shape index (κ3) is 6.45. The summed E-state index contributed by atoms with van der Waals surface area (Å²) in [5.41, 5.74) is 1.50. The van der Waals surface area contributed by atoms with Gasteiger partial charge in [0.1, 0.15) is 5.75 Å². The van der Waals surface area contributed by atoms with E-state index >= 15 is 0 Å². The lowest BCUT2D eigenvalue weighted by Gasteiger charge is -2.09. The van der Waals surface area contributed by atoms with Gasteiger partial charge in [0.25, 0.3) is 0 Å². The fraction of sp³-hybridized carbons (Fsp3) is 0.188. The zero-order valence-corrected chi connectivity index (χ0v) is 14.7. The first-order chi connectivity index (χ1) is 11.3. The van der Waals surface area contributed by atoms with Crippen LogP contribution in [0.5, 0.6) is 5.75 Å². The molecule has 0 saturated carbocycles. The van der Waals surface area contributed by atoms with Crippen molar-refractivity contribution < 1.29 is 22.7 Å². The van der Waals surface area contributed by atoms with E-state index in [-0.39, 0.29) is 17.4 Å². The summed E-state index contributed by atoms with van der Waals surface area (Å²) in [7, 11) is 0. The molecule has 2 rings (SSSR count). The first-order valence-electron chi connectivity index (χ1n) is 6.80. The number of amides is 1. The van der Waals surface area contributed by atoms with Crippen LogP contribution in [0.3, 0.4) is 0 Å². The molecule has 0 aromatic heterocycles. The van der Waals surface area contributed by atoms with Crippen molar-refractivity contribution in [1.29, 1.82) is 0 Å². The summed E-state index contributed by atoms with van der Waals surface area (Å²) in [6.07, 6.45) is -4.69. The molecule has 0 heterocycles. The van der Waals surface area contributed by atoms with Crippen LogP contribution in [0, 0.1) is 0 Å². The molecule has 0 saturated heterocycles. The van der Waals surface area contributed by atoms with Crippen LogP contribution in [0.25, 0.3) is 0 Å². The molecule has 2 aromatic rings. The van der Waals surface area contributed by atoms with Gasteiger partial charge in [-0.3, -0.25) is 4.79 Å². The maximum absolute atomic E-state index is 12.1. The van der Waals surface area contributed by atoms with E-state index in [0.717, 1.165) is 10.0 Å². The number of nitrogens with one attached hydrogen (secondary N) is 1. The largest absolute Gasteiger partial charge is 0.573 e. The topological polar surface area (TPSA) is 38.3 Å². The van der Waals surface area contributed by atoms with Crippen molar-refractivity contribution >= 4 is 39.3 Å². The van der Waals surface area contributed by atoms with Crippen molar-refractivity contribution in [1.82, 2.24) is 0 Å². The summed E-state index contributed by atoms with van der Waals surface area (Å²) in [4.78, 5) is 11.9. The molecular weight excluding hydrogens is 407 g/mol. The molecule has 0 aliphatic carbocycles. The van der Waals surface area contributed by atoms with Gasteiger partial charge in [-0.2, -0.15) is 0 Å². The standard InChI is InChI=1S/C16H13BrF3NO2S/c17-13-3-1-2-4-14(13)21-15(22)10-24-9-11-5-7-12(8-6-11)23-16(18,19)20/h1-8H,9-10H2,(H,21,22). The third-order valence-electron chi connectivity index (χ3n) is 2.81. The van der Waals surface area contributed by atoms with E-state index in [1.807, 2.05) is 18.2 Å². The SMILES string of the molecule is O=C(CSCc1ccc(OC(F)(F)F)cc1)Nc1ccccc1Br. The van der Waals surface area contributed by atoms with Crippen LogP contribution >= 0.6 is 27.7 Å². The Kier molecular flexibility index (Phi) is 6.56. The molecule has 24 heavy (non-hydrogen) atoms. The number of rotatable bonds is 6. The molecule has 0 bridgehead atoms. The number of carbonyl (C=O) groups excluding carboxylic acids is 1. The average molecular weight is 420 g/mol. The molecule has 128 valence electrons. The normalized spacial score (nSPS) is 11.2. The van der Waals surface area contributed by atoms with Gasteiger partial charge in [-0.25, -0.2) is 0 Å². The van der Waals surface area contributed by atoms with Crippen LogP contribution in [-0.2, 0) is 10.5 Å². The Bertz CT molecular complexity index is 692. The lowest BCUT2D eigenvalue weighted by Crippen LogP contribution is -2.17. The highest BCUT2D eigenvalue weighted by Crippen LogP contribution is 2.24. The molecule has 1 N–H and O–H groups in total. The third-order valence-corrected chi connectivity index (χ3v) is 4.50. The second kappa shape index (κ2) is 8.43. The Balaban J connectivity index is 1.77. The Morgan fingerprint density at radius 3 is 2.42 bits per heavy atom. The molecular formula is C16H13BrF3NO2S. The maximum atomic E-state index is 12.1. The van der Waals surface area contributed by atoms with E-state index in [2.05, 4.69) is 26.0 Å². The first-order valence-corrected chi connectivity index (χ1v) is 8.75. The summed E-state index contributed by atoms with van der Waals surface area (Å²) in [6, 6.07) is 12.9. The molecule has 8 heteroatoms. The zero-order valence-electron chi connectivity index (χ0n) is 12.3. The summed E-state index contributed by atoms with van der Waals surface area (Å²) in [5, 5.41) is 2.78. The van der Waals surface area contributed by atoms with Gasteiger partial charge in [0, 0.05) is 10.2 Å². The summed E-state index contributed by atoms with van der Waals surface area (Å²) in [5.74, 6) is 0.338. The van der Waals surface area contributed by atoms with Gasteiger partial charge in [0.15, 0.2) is 0 Å². The van der Waals surface area contributed by atoms with Crippen molar-refractivity contribution in [3.8, 4) is 5.75 Å². The number of anilines is 1. The number of hydrogen-bond donors (Lipinski definition) is 1. The van der Waals surface area contributed by atoms with Crippen molar-refractivity contribution in [2.75, 3.05) is 11.1 Å². The van der Waals surface area contributed by atoms with Crippen LogP contribution in [-0.4, -0.2) is 18.0 Å². The molecule has 2 aromatic carbocycles. The van der Waals surface area contributed by atoms with E-state index < -0.39 is 6.36 Å². The Morgan fingerprint density at radius 1 is 1.12 bits per heavy atom. The van der Waals surface area contributed by atoms with Gasteiger partial charge in [-0.05, 0) is 45.8 Å². The number of para-hydroxylation sites is 1. The highest BCUT2D eigenvalue weighted by Gasteiger charge is 2.30. The van der Waals surface area contributed by atoms with Crippen LogP contribution in [0.4, 0.5) is 18.9 Å². The quantitative estimate of drug-likeness (QED) is 0.697. The lowest BCUT2D eigenvalue weighted by molar-refractivity contribution is -0.274. The summed E-state index contributed by atoms with van der Waals surface area (Å²) >= 11 is 4.71. The molecule has 0 aliphatic rings. The van der Waals surface area contributed by atoms with Crippen molar-refractivity contribution in [2.45, 2.75) is 12.1 Å². The second-order valence-corrected chi connectivity index (χ2v) is 6.55. The van der Waals surface area contributed by atoms with E-state index in [4.69, 9.17) is 0 Å². The number of benzene rings is 2. The lowest BCUT2D eigenvalue weighted by atomic mass is 10.2. The predicted molar refractivity (Wildman–Crippen MR) is 92.1 cm³/mol. The maximum Gasteiger partial charge on any atom is 0.573 e. The minimum atomic E-state index is -4.69. The van der Waals surface area contributed by atoms with E-state index in [0.29, 0.717) is 11.4 Å². The van der Waals surface area contributed by atoms with Gasteiger partial charge >= 0.3 is 6.36 Å². The van der Waals surface area contributed by atoms with Crippen LogP contribution in [0.1, 0.15) is 5.56 Å². The van der Waals surface area contributed by atoms with Gasteiger partial charge in [0.2, 0.25) is 5.91 Å². The summed E-state index contributed by atoms with van der Waals surface area (Å²) in [6.45, 7) is 0.